The highest BCUT2D eigenvalue weighted by Crippen LogP contribution is 2.45. The van der Waals surface area contributed by atoms with Gasteiger partial charge in [-0.25, -0.2) is 14.4 Å². The third-order valence-electron chi connectivity index (χ3n) is 6.16. The maximum absolute atomic E-state index is 13.4. The first-order chi connectivity index (χ1) is 16.2. The van der Waals surface area contributed by atoms with Gasteiger partial charge in [0.2, 0.25) is 0 Å². The molecular formula is C24H19N4O6+. The minimum Gasteiger partial charge on any atom is -0.426 e. The number of nitro groups is 1. The molecule has 3 aromatic rings. The van der Waals surface area contributed by atoms with Crippen molar-refractivity contribution < 1.29 is 19.4 Å². The normalized spacial score (nSPS) is 15.9. The largest absolute Gasteiger partial charge is 0.426 e. The van der Waals surface area contributed by atoms with Gasteiger partial charge in [0, 0.05) is 37.2 Å². The summed E-state index contributed by atoms with van der Waals surface area (Å²) in [7, 11) is 2.95. The summed E-state index contributed by atoms with van der Waals surface area (Å²) in [5, 5.41) is 11.2. The predicted octanol–water partition coefficient (Wildman–Crippen LogP) is 0.627. The van der Waals surface area contributed by atoms with Crippen LogP contribution in [0.1, 0.15) is 35.1 Å². The number of nitrogens with zero attached hydrogens (tertiary/aromatic N) is 3. The molecule has 0 radical (unpaired) electrons. The van der Waals surface area contributed by atoms with E-state index >= 15 is 0 Å². The number of aromatic nitrogens is 2. The van der Waals surface area contributed by atoms with Crippen molar-refractivity contribution in [3.8, 4) is 0 Å². The number of ether oxygens (including phenoxy) is 1. The molecule has 1 aliphatic carbocycles. The molecule has 1 aromatic heterocycles. The lowest BCUT2D eigenvalue weighted by Gasteiger charge is -2.24. The number of benzene rings is 2. The number of carbonyl (C=O) groups excluding carboxylic acids is 1. The maximum atomic E-state index is 13.4. The summed E-state index contributed by atoms with van der Waals surface area (Å²) >= 11 is 0. The van der Waals surface area contributed by atoms with Crippen molar-refractivity contribution in [3.05, 3.63) is 107 Å². The zero-order valence-electron chi connectivity index (χ0n) is 18.5. The zero-order valence-corrected chi connectivity index (χ0v) is 18.5. The fraction of sp³-hybridized carbons (Fsp3) is 0.167. The van der Waals surface area contributed by atoms with E-state index in [9.17, 15) is 24.5 Å². The van der Waals surface area contributed by atoms with Gasteiger partial charge in [0.15, 0.2) is 0 Å². The topological polar surface area (TPSA) is 127 Å². The quantitative estimate of drug-likeness (QED) is 0.348. The molecule has 0 saturated heterocycles. The highest BCUT2D eigenvalue weighted by atomic mass is 16.6. The molecule has 0 spiro atoms. The summed E-state index contributed by atoms with van der Waals surface area (Å²) in [6, 6.07) is 13.2. The molecule has 2 heterocycles. The number of nitro benzene ring substituents is 1. The Morgan fingerprint density at radius 1 is 1.03 bits per heavy atom. The Kier molecular flexibility index (Phi) is 4.67. The van der Waals surface area contributed by atoms with E-state index in [-0.39, 0.29) is 11.3 Å². The van der Waals surface area contributed by atoms with Crippen LogP contribution >= 0.6 is 0 Å². The second kappa shape index (κ2) is 7.48. The standard InChI is InChI=1S/C24H18N4O6/c1-12(29)34-21-16-7-5-4-6-15(16)20-18(21)17(13-8-10-14(11-9-13)28(32)33)19-22(25-20)26(2)24(31)27(3)23(19)30/h4-11,17H,1-3H3/p+1. The SMILES string of the molecule is CC(=O)OC1=C2C(=[NH+]c3c(c(=O)n(C)c(=O)n3C)C2c2ccc([N+](=O)[O-])cc2)c2ccccc21. The number of nitrogens with one attached hydrogen (secondary N) is 1. The zero-order chi connectivity index (χ0) is 24.3. The van der Waals surface area contributed by atoms with E-state index in [4.69, 9.17) is 4.74 Å². The molecule has 0 amide bonds. The minimum atomic E-state index is -0.751. The highest BCUT2D eigenvalue weighted by Gasteiger charge is 2.45. The molecule has 1 aliphatic heterocycles. The van der Waals surface area contributed by atoms with Crippen molar-refractivity contribution in [2.24, 2.45) is 14.1 Å². The Labute approximate surface area is 192 Å². The van der Waals surface area contributed by atoms with Crippen LogP contribution in [0.4, 0.5) is 11.5 Å². The molecule has 170 valence electrons. The van der Waals surface area contributed by atoms with Gasteiger partial charge in [-0.05, 0) is 11.6 Å². The summed E-state index contributed by atoms with van der Waals surface area (Å²) in [4.78, 5) is 52.1. The van der Waals surface area contributed by atoms with Crippen molar-refractivity contribution in [1.29, 1.82) is 0 Å². The molecule has 0 saturated carbocycles. The van der Waals surface area contributed by atoms with Crippen molar-refractivity contribution >= 4 is 28.9 Å². The lowest BCUT2D eigenvalue weighted by atomic mass is 9.81. The number of allylic oxidation sites excluding steroid dienone is 1. The van der Waals surface area contributed by atoms with Crippen LogP contribution in [0, 0.1) is 10.1 Å². The van der Waals surface area contributed by atoms with Crippen molar-refractivity contribution in [2.75, 3.05) is 0 Å². The number of esters is 1. The molecule has 0 fully saturated rings. The third-order valence-corrected chi connectivity index (χ3v) is 6.16. The molecule has 1 unspecified atom stereocenters. The van der Waals surface area contributed by atoms with E-state index in [2.05, 4.69) is 4.99 Å². The number of carbonyl (C=O) groups is 1. The molecule has 10 heteroatoms. The van der Waals surface area contributed by atoms with E-state index in [0.717, 1.165) is 10.1 Å². The molecule has 1 atom stereocenters. The van der Waals surface area contributed by atoms with Gasteiger partial charge in [-0.3, -0.25) is 19.7 Å². The first-order valence-corrected chi connectivity index (χ1v) is 10.4. The predicted molar refractivity (Wildman–Crippen MR) is 122 cm³/mol. The molecule has 1 N–H and O–H groups in total. The molecule has 2 aromatic carbocycles. The number of hydrogen-bond donors (Lipinski definition) is 1. The molecule has 5 rings (SSSR count). The monoisotopic (exact) mass is 459 g/mol. The molecular weight excluding hydrogens is 440 g/mol. The average Bonchev–Trinajstić information content (AvgIpc) is 3.13. The van der Waals surface area contributed by atoms with E-state index in [1.165, 1.54) is 30.7 Å². The van der Waals surface area contributed by atoms with Gasteiger partial charge in [0.25, 0.3) is 17.1 Å². The summed E-state index contributed by atoms with van der Waals surface area (Å²) in [6.07, 6.45) is 0. The van der Waals surface area contributed by atoms with E-state index in [0.29, 0.717) is 34.0 Å². The lowest BCUT2D eigenvalue weighted by Crippen LogP contribution is -2.73. The number of non-ortho nitro benzene ring substituents is 1. The van der Waals surface area contributed by atoms with E-state index in [1.807, 2.05) is 24.3 Å². The van der Waals surface area contributed by atoms with Crippen LogP contribution < -0.4 is 16.2 Å². The molecule has 34 heavy (non-hydrogen) atoms. The van der Waals surface area contributed by atoms with E-state index < -0.39 is 28.1 Å². The van der Waals surface area contributed by atoms with Gasteiger partial charge in [-0.15, -0.1) is 0 Å². The van der Waals surface area contributed by atoms with Crippen LogP contribution in [0.25, 0.3) is 5.76 Å². The third kappa shape index (κ3) is 2.95. The Morgan fingerprint density at radius 2 is 1.68 bits per heavy atom. The fourth-order valence-electron chi connectivity index (χ4n) is 4.63. The average molecular weight is 459 g/mol. The van der Waals surface area contributed by atoms with Crippen LogP contribution in [0.15, 0.2) is 63.7 Å². The van der Waals surface area contributed by atoms with Gasteiger partial charge >= 0.3 is 11.7 Å². The molecule has 2 aliphatic rings. The smallest absolute Gasteiger partial charge is 0.417 e. The second-order valence-corrected chi connectivity index (χ2v) is 8.13. The Bertz CT molecular complexity index is 1590. The van der Waals surface area contributed by atoms with Gasteiger partial charge in [-0.1, -0.05) is 30.3 Å². The summed E-state index contributed by atoms with van der Waals surface area (Å²) in [5.41, 5.74) is 2.30. The molecule has 0 bridgehead atoms. The Hall–Kier alpha value is -4.60. The maximum Gasteiger partial charge on any atom is 0.417 e. The van der Waals surface area contributed by atoms with E-state index in [1.54, 1.807) is 19.2 Å². The van der Waals surface area contributed by atoms with Crippen LogP contribution in [0.5, 0.6) is 0 Å². The summed E-state index contributed by atoms with van der Waals surface area (Å²) in [5.74, 6) is -0.663. The van der Waals surface area contributed by atoms with Crippen LogP contribution in [-0.4, -0.2) is 25.7 Å². The summed E-state index contributed by atoms with van der Waals surface area (Å²) in [6.45, 7) is 1.29. The van der Waals surface area contributed by atoms with Crippen molar-refractivity contribution in [1.82, 2.24) is 9.13 Å². The van der Waals surface area contributed by atoms with Crippen LogP contribution in [-0.2, 0) is 23.6 Å². The van der Waals surface area contributed by atoms with Gasteiger partial charge in [0.05, 0.1) is 23.5 Å². The first-order valence-electron chi connectivity index (χ1n) is 10.4. The molecule has 10 nitrogen and oxygen atoms in total. The second-order valence-electron chi connectivity index (χ2n) is 8.13. The fourth-order valence-corrected chi connectivity index (χ4v) is 4.63. The lowest BCUT2D eigenvalue weighted by molar-refractivity contribution is -0.384. The Morgan fingerprint density at radius 3 is 2.29 bits per heavy atom. The van der Waals surface area contributed by atoms with Crippen molar-refractivity contribution in [3.63, 3.8) is 0 Å². The summed E-state index contributed by atoms with van der Waals surface area (Å²) < 4.78 is 8.02. The van der Waals surface area contributed by atoms with Crippen molar-refractivity contribution in [2.45, 2.75) is 12.8 Å². The minimum absolute atomic E-state index is 0.0978. The van der Waals surface area contributed by atoms with Crippen LogP contribution in [0.2, 0.25) is 0 Å². The van der Waals surface area contributed by atoms with Gasteiger partial charge in [0.1, 0.15) is 17.0 Å². The highest BCUT2D eigenvalue weighted by molar-refractivity contribution is 6.22. The number of fused-ring (bicyclic) bond motifs is 4. The van der Waals surface area contributed by atoms with Gasteiger partial charge < -0.3 is 4.74 Å². The Balaban J connectivity index is 1.91. The number of rotatable bonds is 3. The number of hydrogen-bond acceptors (Lipinski definition) is 6. The van der Waals surface area contributed by atoms with Gasteiger partial charge in [-0.2, -0.15) is 4.57 Å². The first kappa shape index (κ1) is 21.3. The van der Waals surface area contributed by atoms with Crippen LogP contribution in [0.3, 0.4) is 0 Å².